The number of anilines is 1. The second-order valence-electron chi connectivity index (χ2n) is 5.02. The molecule has 0 fully saturated rings. The molecule has 0 aliphatic rings. The second kappa shape index (κ2) is 6.34. The minimum atomic E-state index is 0.206. The Hall–Kier alpha value is -1.87. The Morgan fingerprint density at radius 3 is 2.47 bits per heavy atom. The highest BCUT2D eigenvalue weighted by Gasteiger charge is 2.03. The Bertz CT molecular complexity index is 491. The van der Waals surface area contributed by atoms with Gasteiger partial charge in [0.05, 0.1) is 12.2 Å². The number of hydrogen-bond acceptors (Lipinski definition) is 3. The summed E-state index contributed by atoms with van der Waals surface area (Å²) in [6.45, 7) is 2.84. The topological polar surface area (TPSA) is 42.1 Å². The van der Waals surface area contributed by atoms with E-state index >= 15 is 0 Å². The SMILES string of the molecule is CC(N)Cc1ccc(N(C)Cc2ccccn2)cc1. The van der Waals surface area contributed by atoms with Gasteiger partial charge in [-0.15, -0.1) is 0 Å². The molecule has 0 saturated heterocycles. The van der Waals surface area contributed by atoms with Gasteiger partial charge in [-0.1, -0.05) is 18.2 Å². The van der Waals surface area contributed by atoms with Gasteiger partial charge in [0.25, 0.3) is 0 Å². The summed E-state index contributed by atoms with van der Waals surface area (Å²) in [5.74, 6) is 0. The molecule has 0 bridgehead atoms. The fraction of sp³-hybridized carbons (Fsp3) is 0.312. The highest BCUT2D eigenvalue weighted by molar-refractivity contribution is 5.47. The van der Waals surface area contributed by atoms with E-state index in [0.29, 0.717) is 0 Å². The van der Waals surface area contributed by atoms with E-state index in [1.54, 1.807) is 0 Å². The molecule has 2 rings (SSSR count). The summed E-state index contributed by atoms with van der Waals surface area (Å²) in [7, 11) is 2.08. The Balaban J connectivity index is 2.01. The van der Waals surface area contributed by atoms with Crippen LogP contribution in [0.15, 0.2) is 48.7 Å². The van der Waals surface area contributed by atoms with E-state index in [1.165, 1.54) is 11.3 Å². The van der Waals surface area contributed by atoms with E-state index in [-0.39, 0.29) is 6.04 Å². The van der Waals surface area contributed by atoms with Crippen molar-refractivity contribution >= 4 is 5.69 Å². The molecule has 1 aromatic heterocycles. The molecule has 0 aliphatic heterocycles. The fourth-order valence-electron chi connectivity index (χ4n) is 2.08. The lowest BCUT2D eigenvalue weighted by atomic mass is 10.1. The van der Waals surface area contributed by atoms with Gasteiger partial charge in [-0.3, -0.25) is 4.98 Å². The summed E-state index contributed by atoms with van der Waals surface area (Å²) < 4.78 is 0. The lowest BCUT2D eigenvalue weighted by Gasteiger charge is -2.19. The number of pyridine rings is 1. The largest absolute Gasteiger partial charge is 0.369 e. The Morgan fingerprint density at radius 1 is 1.16 bits per heavy atom. The zero-order chi connectivity index (χ0) is 13.7. The molecule has 19 heavy (non-hydrogen) atoms. The third kappa shape index (κ3) is 4.07. The van der Waals surface area contributed by atoms with Crippen LogP contribution < -0.4 is 10.6 Å². The minimum absolute atomic E-state index is 0.206. The first kappa shape index (κ1) is 13.6. The molecule has 3 nitrogen and oxygen atoms in total. The third-order valence-electron chi connectivity index (χ3n) is 3.06. The zero-order valence-corrected chi connectivity index (χ0v) is 11.6. The van der Waals surface area contributed by atoms with Crippen molar-refractivity contribution in [3.63, 3.8) is 0 Å². The number of nitrogens with zero attached hydrogens (tertiary/aromatic N) is 2. The highest BCUT2D eigenvalue weighted by Crippen LogP contribution is 2.16. The van der Waals surface area contributed by atoms with Gasteiger partial charge in [-0.05, 0) is 43.2 Å². The van der Waals surface area contributed by atoms with E-state index in [0.717, 1.165) is 18.7 Å². The van der Waals surface area contributed by atoms with Gasteiger partial charge < -0.3 is 10.6 Å². The maximum absolute atomic E-state index is 5.81. The van der Waals surface area contributed by atoms with Gasteiger partial charge >= 0.3 is 0 Å². The molecule has 0 spiro atoms. The lowest BCUT2D eigenvalue weighted by molar-refractivity contribution is 0.738. The van der Waals surface area contributed by atoms with Crippen LogP contribution in [0.25, 0.3) is 0 Å². The quantitative estimate of drug-likeness (QED) is 0.893. The van der Waals surface area contributed by atoms with Crippen LogP contribution >= 0.6 is 0 Å². The number of nitrogens with two attached hydrogens (primary N) is 1. The van der Waals surface area contributed by atoms with Crippen molar-refractivity contribution in [3.8, 4) is 0 Å². The summed E-state index contributed by atoms with van der Waals surface area (Å²) in [5, 5.41) is 0. The maximum atomic E-state index is 5.81. The Morgan fingerprint density at radius 2 is 1.89 bits per heavy atom. The number of hydrogen-bond donors (Lipinski definition) is 1. The van der Waals surface area contributed by atoms with Crippen LogP contribution in [-0.2, 0) is 13.0 Å². The van der Waals surface area contributed by atoms with Gasteiger partial charge in [0.2, 0.25) is 0 Å². The smallest absolute Gasteiger partial charge is 0.0598 e. The first-order valence-electron chi connectivity index (χ1n) is 6.60. The molecule has 100 valence electrons. The zero-order valence-electron chi connectivity index (χ0n) is 11.6. The first-order chi connectivity index (χ1) is 9.15. The van der Waals surface area contributed by atoms with Crippen molar-refractivity contribution in [1.29, 1.82) is 0 Å². The molecule has 0 radical (unpaired) electrons. The molecule has 0 aliphatic carbocycles. The van der Waals surface area contributed by atoms with Crippen LogP contribution in [0, 0.1) is 0 Å². The predicted molar refractivity (Wildman–Crippen MR) is 80.1 cm³/mol. The highest BCUT2D eigenvalue weighted by atomic mass is 15.1. The second-order valence-corrected chi connectivity index (χ2v) is 5.02. The average Bonchev–Trinajstić information content (AvgIpc) is 2.40. The molecule has 1 atom stereocenters. The fourth-order valence-corrected chi connectivity index (χ4v) is 2.08. The Kier molecular flexibility index (Phi) is 4.53. The summed E-state index contributed by atoms with van der Waals surface area (Å²) in [5.41, 5.74) is 9.36. The number of aromatic nitrogens is 1. The van der Waals surface area contributed by atoms with Crippen molar-refractivity contribution in [2.75, 3.05) is 11.9 Å². The summed E-state index contributed by atoms with van der Waals surface area (Å²) in [6, 6.07) is 14.8. The van der Waals surface area contributed by atoms with E-state index in [1.807, 2.05) is 31.3 Å². The standard InChI is InChI=1S/C16H21N3/c1-13(17)11-14-6-8-16(9-7-14)19(2)12-15-5-3-4-10-18-15/h3-10,13H,11-12,17H2,1-2H3. The van der Waals surface area contributed by atoms with Crippen molar-refractivity contribution in [2.24, 2.45) is 5.73 Å². The van der Waals surface area contributed by atoms with Crippen LogP contribution in [0.5, 0.6) is 0 Å². The normalized spacial score (nSPS) is 12.2. The van der Waals surface area contributed by atoms with Crippen LogP contribution in [0.4, 0.5) is 5.69 Å². The van der Waals surface area contributed by atoms with E-state index in [4.69, 9.17) is 5.73 Å². The van der Waals surface area contributed by atoms with Crippen molar-refractivity contribution in [3.05, 3.63) is 59.9 Å². The van der Waals surface area contributed by atoms with Gasteiger partial charge in [0.1, 0.15) is 0 Å². The van der Waals surface area contributed by atoms with Crippen LogP contribution in [-0.4, -0.2) is 18.1 Å². The van der Waals surface area contributed by atoms with E-state index in [2.05, 4.69) is 41.2 Å². The molecule has 3 heteroatoms. The summed E-state index contributed by atoms with van der Waals surface area (Å²) >= 11 is 0. The molecule has 0 saturated carbocycles. The maximum Gasteiger partial charge on any atom is 0.0598 e. The molecule has 1 heterocycles. The number of benzene rings is 1. The summed E-state index contributed by atoms with van der Waals surface area (Å²) in [6.07, 6.45) is 2.75. The van der Waals surface area contributed by atoms with Crippen molar-refractivity contribution in [1.82, 2.24) is 4.98 Å². The Labute approximate surface area is 115 Å². The number of rotatable bonds is 5. The van der Waals surface area contributed by atoms with Gasteiger partial charge in [0, 0.05) is 25.0 Å². The average molecular weight is 255 g/mol. The van der Waals surface area contributed by atoms with E-state index in [9.17, 15) is 0 Å². The molecule has 2 aromatic rings. The van der Waals surface area contributed by atoms with Crippen LogP contribution in [0.2, 0.25) is 0 Å². The molecular formula is C16H21N3. The van der Waals surface area contributed by atoms with Gasteiger partial charge in [-0.2, -0.15) is 0 Å². The summed E-state index contributed by atoms with van der Waals surface area (Å²) in [4.78, 5) is 6.54. The predicted octanol–water partition coefficient (Wildman–Crippen LogP) is 2.61. The molecule has 2 N–H and O–H groups in total. The minimum Gasteiger partial charge on any atom is -0.369 e. The van der Waals surface area contributed by atoms with Gasteiger partial charge in [0.15, 0.2) is 0 Å². The van der Waals surface area contributed by atoms with Crippen LogP contribution in [0.1, 0.15) is 18.2 Å². The van der Waals surface area contributed by atoms with Crippen molar-refractivity contribution in [2.45, 2.75) is 25.9 Å². The molecule has 0 amide bonds. The molecular weight excluding hydrogens is 234 g/mol. The van der Waals surface area contributed by atoms with Crippen LogP contribution in [0.3, 0.4) is 0 Å². The monoisotopic (exact) mass is 255 g/mol. The van der Waals surface area contributed by atoms with Gasteiger partial charge in [-0.25, -0.2) is 0 Å². The lowest BCUT2D eigenvalue weighted by Crippen LogP contribution is -2.18. The molecule has 1 unspecified atom stereocenters. The first-order valence-corrected chi connectivity index (χ1v) is 6.60. The molecule has 1 aromatic carbocycles. The van der Waals surface area contributed by atoms with E-state index < -0.39 is 0 Å². The van der Waals surface area contributed by atoms with Crippen molar-refractivity contribution < 1.29 is 0 Å². The third-order valence-corrected chi connectivity index (χ3v) is 3.06.